The lowest BCUT2D eigenvalue weighted by Gasteiger charge is -2.19. The number of carbonyl (C=O) groups is 2. The van der Waals surface area contributed by atoms with Crippen LogP contribution in [-0.2, 0) is 28.2 Å². The number of aliphatic hydroxyl groups excluding tert-OH is 2. The summed E-state index contributed by atoms with van der Waals surface area (Å²) < 4.78 is 26.2. The SMILES string of the molecule is CC/C=C\C/C=C\C/C=C\C/C=C\C[C@@H](O)[C@H](O)CCCC(=O)O[C@H](COC(=O)CCCCCCCCCCCCCCCCCC(C)C)COP(=O)(O)O. The van der Waals surface area contributed by atoms with Gasteiger partial charge in [-0.25, -0.2) is 4.57 Å². The predicted molar refractivity (Wildman–Crippen MR) is 223 cm³/mol. The normalized spacial score (nSPS) is 14.2. The number of esters is 2. The number of hydrogen-bond acceptors (Lipinski definition) is 8. The maximum atomic E-state index is 12.4. The van der Waals surface area contributed by atoms with E-state index in [0.717, 1.165) is 50.9 Å². The second kappa shape index (κ2) is 37.5. The molecule has 0 aliphatic rings. The molecule has 0 fully saturated rings. The summed E-state index contributed by atoms with van der Waals surface area (Å²) in [6.07, 6.45) is 37.2. The fourth-order valence-electron chi connectivity index (χ4n) is 5.94. The minimum absolute atomic E-state index is 0.104. The quantitative estimate of drug-likeness (QED) is 0.0205. The first kappa shape index (κ1) is 52.9. The van der Waals surface area contributed by atoms with Gasteiger partial charge in [-0.3, -0.25) is 14.1 Å². The van der Waals surface area contributed by atoms with Gasteiger partial charge in [0, 0.05) is 12.8 Å². The molecule has 11 heteroatoms. The largest absolute Gasteiger partial charge is 0.469 e. The van der Waals surface area contributed by atoms with Crippen LogP contribution in [0.25, 0.3) is 0 Å². The van der Waals surface area contributed by atoms with E-state index in [1.165, 1.54) is 77.0 Å². The van der Waals surface area contributed by atoms with Crippen LogP contribution in [0.2, 0.25) is 0 Å². The molecular formula is C44H79O10P. The Bertz CT molecular complexity index is 1080. The van der Waals surface area contributed by atoms with Crippen molar-refractivity contribution >= 4 is 19.8 Å². The van der Waals surface area contributed by atoms with Gasteiger partial charge in [0.2, 0.25) is 0 Å². The highest BCUT2D eigenvalue weighted by atomic mass is 31.2. The third-order valence-corrected chi connectivity index (χ3v) is 9.73. The third kappa shape index (κ3) is 39.9. The molecule has 0 bridgehead atoms. The lowest BCUT2D eigenvalue weighted by atomic mass is 10.0. The molecule has 0 saturated carbocycles. The van der Waals surface area contributed by atoms with Crippen molar-refractivity contribution in [2.75, 3.05) is 13.2 Å². The van der Waals surface area contributed by atoms with E-state index in [0.29, 0.717) is 6.42 Å². The standard InChI is InChI=1S/C44H79O10P/c1-4-5-6-7-8-9-10-17-20-23-26-29-33-41(45)42(46)34-31-36-44(48)54-40(38-53-55(49,50)51)37-52-43(47)35-30-27-24-21-18-15-13-11-12-14-16-19-22-25-28-32-39(2)3/h5-6,8-9,17,20,26,29,39-42,45-46H,4,7,10-16,18-19,21-25,27-28,30-38H2,1-3H3,(H2,49,50,51)/b6-5-,9-8-,20-17-,29-26-/t40-,41-,42-/m1/s1. The first-order valence-electron chi connectivity index (χ1n) is 21.5. The number of ether oxygens (including phenoxy) is 2. The van der Waals surface area contributed by atoms with E-state index in [4.69, 9.17) is 19.3 Å². The average Bonchev–Trinajstić information content (AvgIpc) is 3.13. The van der Waals surface area contributed by atoms with Crippen LogP contribution in [0.1, 0.15) is 181 Å². The van der Waals surface area contributed by atoms with Gasteiger partial charge in [-0.2, -0.15) is 0 Å². The maximum Gasteiger partial charge on any atom is 0.469 e. The summed E-state index contributed by atoms with van der Waals surface area (Å²) >= 11 is 0. The first-order chi connectivity index (χ1) is 26.4. The number of rotatable bonds is 38. The second-order valence-corrected chi connectivity index (χ2v) is 16.3. The molecule has 320 valence electrons. The molecule has 3 atom stereocenters. The molecule has 0 aliphatic carbocycles. The number of phosphoric ester groups is 1. The summed E-state index contributed by atoms with van der Waals surface area (Å²) in [6, 6.07) is 0. The summed E-state index contributed by atoms with van der Waals surface area (Å²) in [4.78, 5) is 42.9. The van der Waals surface area contributed by atoms with Crippen molar-refractivity contribution in [2.24, 2.45) is 5.92 Å². The fourth-order valence-corrected chi connectivity index (χ4v) is 6.30. The minimum Gasteiger partial charge on any atom is -0.462 e. The molecule has 0 radical (unpaired) electrons. The van der Waals surface area contributed by atoms with Gasteiger partial charge in [-0.15, -0.1) is 0 Å². The molecule has 0 rings (SSSR count). The lowest BCUT2D eigenvalue weighted by Crippen LogP contribution is -2.30. The third-order valence-electron chi connectivity index (χ3n) is 9.24. The highest BCUT2D eigenvalue weighted by Gasteiger charge is 2.23. The van der Waals surface area contributed by atoms with E-state index in [1.54, 1.807) is 0 Å². The van der Waals surface area contributed by atoms with Crippen molar-refractivity contribution in [3.8, 4) is 0 Å². The zero-order chi connectivity index (χ0) is 40.8. The molecule has 0 amide bonds. The van der Waals surface area contributed by atoms with Gasteiger partial charge < -0.3 is 29.5 Å². The van der Waals surface area contributed by atoms with E-state index < -0.39 is 44.7 Å². The highest BCUT2D eigenvalue weighted by molar-refractivity contribution is 7.46. The Hall–Kier alpha value is -2.07. The monoisotopic (exact) mass is 799 g/mol. The molecule has 0 saturated heterocycles. The van der Waals surface area contributed by atoms with E-state index in [1.807, 2.05) is 18.2 Å². The summed E-state index contributed by atoms with van der Waals surface area (Å²) in [6.45, 7) is 5.67. The molecule has 0 aliphatic heterocycles. The Labute approximate surface area is 334 Å². The molecule has 0 unspecified atom stereocenters. The molecule has 0 aromatic carbocycles. The number of aliphatic hydroxyl groups is 2. The van der Waals surface area contributed by atoms with Gasteiger partial charge >= 0.3 is 19.8 Å². The van der Waals surface area contributed by atoms with Crippen molar-refractivity contribution in [2.45, 2.75) is 200 Å². The van der Waals surface area contributed by atoms with Crippen molar-refractivity contribution < 1.29 is 48.2 Å². The molecule has 55 heavy (non-hydrogen) atoms. The van der Waals surface area contributed by atoms with Gasteiger partial charge in [0.15, 0.2) is 6.10 Å². The van der Waals surface area contributed by atoms with Gasteiger partial charge in [0.1, 0.15) is 6.61 Å². The van der Waals surface area contributed by atoms with E-state index in [9.17, 15) is 24.4 Å². The number of hydrogen-bond donors (Lipinski definition) is 4. The van der Waals surface area contributed by atoms with Crippen LogP contribution in [0.4, 0.5) is 0 Å². The Morgan fingerprint density at radius 3 is 1.51 bits per heavy atom. The van der Waals surface area contributed by atoms with E-state index in [-0.39, 0.29) is 38.7 Å². The molecule has 10 nitrogen and oxygen atoms in total. The smallest absolute Gasteiger partial charge is 0.462 e. The number of phosphoric acid groups is 1. The minimum atomic E-state index is -4.84. The summed E-state index contributed by atoms with van der Waals surface area (Å²) in [5, 5.41) is 20.6. The maximum absolute atomic E-state index is 12.4. The van der Waals surface area contributed by atoms with Crippen LogP contribution < -0.4 is 0 Å². The molecule has 0 spiro atoms. The zero-order valence-electron chi connectivity index (χ0n) is 34.7. The van der Waals surface area contributed by atoms with Gasteiger partial charge in [-0.1, -0.05) is 166 Å². The van der Waals surface area contributed by atoms with Crippen molar-refractivity contribution in [1.29, 1.82) is 0 Å². The highest BCUT2D eigenvalue weighted by Crippen LogP contribution is 2.36. The van der Waals surface area contributed by atoms with Crippen molar-refractivity contribution in [3.63, 3.8) is 0 Å². The Morgan fingerprint density at radius 2 is 1.02 bits per heavy atom. The Balaban J connectivity index is 4.13. The molecule has 0 aromatic rings. The number of carbonyl (C=O) groups excluding carboxylic acids is 2. The van der Waals surface area contributed by atoms with Crippen LogP contribution in [0.3, 0.4) is 0 Å². The lowest BCUT2D eigenvalue weighted by molar-refractivity contribution is -0.161. The van der Waals surface area contributed by atoms with Gasteiger partial charge in [-0.05, 0) is 57.3 Å². The van der Waals surface area contributed by atoms with Gasteiger partial charge in [0.25, 0.3) is 0 Å². The molecule has 4 N–H and O–H groups in total. The van der Waals surface area contributed by atoms with Crippen LogP contribution >= 0.6 is 7.82 Å². The fraction of sp³-hybridized carbons (Fsp3) is 0.773. The van der Waals surface area contributed by atoms with E-state index in [2.05, 4.69) is 55.7 Å². The van der Waals surface area contributed by atoms with Crippen LogP contribution in [0.15, 0.2) is 48.6 Å². The first-order valence-corrected chi connectivity index (χ1v) is 23.0. The number of unbranched alkanes of at least 4 members (excludes halogenated alkanes) is 14. The van der Waals surface area contributed by atoms with Crippen LogP contribution in [0.5, 0.6) is 0 Å². The summed E-state index contributed by atoms with van der Waals surface area (Å²) in [5.41, 5.74) is 0. The topological polar surface area (TPSA) is 160 Å². The van der Waals surface area contributed by atoms with Crippen molar-refractivity contribution in [3.05, 3.63) is 48.6 Å². The zero-order valence-corrected chi connectivity index (χ0v) is 35.6. The second-order valence-electron chi connectivity index (χ2n) is 15.1. The molecule has 0 aromatic heterocycles. The van der Waals surface area contributed by atoms with Gasteiger partial charge in [0.05, 0.1) is 18.8 Å². The van der Waals surface area contributed by atoms with Crippen molar-refractivity contribution in [1.82, 2.24) is 0 Å². The molecule has 0 heterocycles. The number of allylic oxidation sites excluding steroid dienone is 7. The van der Waals surface area contributed by atoms with Crippen LogP contribution in [-0.4, -0.2) is 63.5 Å². The predicted octanol–water partition coefficient (Wildman–Crippen LogP) is 10.9. The van der Waals surface area contributed by atoms with Crippen LogP contribution in [0, 0.1) is 5.92 Å². The average molecular weight is 799 g/mol. The van der Waals surface area contributed by atoms with E-state index >= 15 is 0 Å². The summed E-state index contributed by atoms with van der Waals surface area (Å²) in [5.74, 6) is -0.345. The summed E-state index contributed by atoms with van der Waals surface area (Å²) in [7, 11) is -4.84. The molecular weight excluding hydrogens is 719 g/mol. The Morgan fingerprint density at radius 1 is 0.564 bits per heavy atom. The Kier molecular flexibility index (Phi) is 36.1.